The lowest BCUT2D eigenvalue weighted by Gasteiger charge is -2.25. The summed E-state index contributed by atoms with van der Waals surface area (Å²) in [6.45, 7) is 5.69. The molecule has 3 rings (SSSR count). The molecule has 34 heavy (non-hydrogen) atoms. The summed E-state index contributed by atoms with van der Waals surface area (Å²) in [5, 5.41) is 11.2. The number of hydrogen-bond donors (Lipinski definition) is 1. The Morgan fingerprint density at radius 3 is 2.26 bits per heavy atom. The zero-order valence-corrected chi connectivity index (χ0v) is 20.4. The Labute approximate surface area is 202 Å². The number of likely N-dealkylation sites (tertiary alicyclic amines) is 1. The van der Waals surface area contributed by atoms with Crippen LogP contribution in [0.2, 0.25) is 0 Å². The van der Waals surface area contributed by atoms with Gasteiger partial charge in [0.15, 0.2) is 0 Å². The molecule has 1 aliphatic heterocycles. The van der Waals surface area contributed by atoms with Gasteiger partial charge in [-0.1, -0.05) is 51.0 Å². The largest absolute Gasteiger partial charge is 0.507 e. The maximum Gasteiger partial charge on any atom is 0.295 e. The molecule has 0 radical (unpaired) electrons. The molecular weight excluding hydrogens is 430 g/mol. The molecule has 0 aliphatic carbocycles. The van der Waals surface area contributed by atoms with E-state index in [1.165, 1.54) is 0 Å². The normalized spacial score (nSPS) is 17.4. The Morgan fingerprint density at radius 2 is 1.65 bits per heavy atom. The predicted molar refractivity (Wildman–Crippen MR) is 133 cm³/mol. The Morgan fingerprint density at radius 1 is 0.941 bits per heavy atom. The van der Waals surface area contributed by atoms with Crippen LogP contribution in [0.25, 0.3) is 5.76 Å². The third-order valence-corrected chi connectivity index (χ3v) is 6.14. The van der Waals surface area contributed by atoms with Gasteiger partial charge in [-0.2, -0.15) is 0 Å². The second kappa shape index (κ2) is 12.4. The molecule has 2 aromatic rings. The van der Waals surface area contributed by atoms with Gasteiger partial charge in [-0.3, -0.25) is 9.59 Å². The van der Waals surface area contributed by atoms with Crippen molar-refractivity contribution < 1.29 is 24.2 Å². The smallest absolute Gasteiger partial charge is 0.295 e. The van der Waals surface area contributed by atoms with E-state index in [0.29, 0.717) is 37.5 Å². The fourth-order valence-electron chi connectivity index (χ4n) is 4.18. The van der Waals surface area contributed by atoms with Crippen molar-refractivity contribution in [2.45, 2.75) is 52.0 Å². The van der Waals surface area contributed by atoms with Gasteiger partial charge in [-0.15, -0.1) is 0 Å². The molecule has 0 bridgehead atoms. The Kier molecular flexibility index (Phi) is 9.28. The monoisotopic (exact) mass is 465 g/mol. The Hall–Kier alpha value is -3.12. The molecule has 2 aromatic carbocycles. The molecular formula is C28H35NO5. The van der Waals surface area contributed by atoms with E-state index in [9.17, 15) is 14.7 Å². The van der Waals surface area contributed by atoms with Crippen LogP contribution >= 0.6 is 0 Å². The predicted octanol–water partition coefficient (Wildman–Crippen LogP) is 5.28. The Balaban J connectivity index is 1.94. The highest BCUT2D eigenvalue weighted by molar-refractivity contribution is 6.46. The summed E-state index contributed by atoms with van der Waals surface area (Å²) >= 11 is 0. The van der Waals surface area contributed by atoms with Gasteiger partial charge in [0.1, 0.15) is 11.5 Å². The lowest BCUT2D eigenvalue weighted by atomic mass is 9.94. The summed E-state index contributed by atoms with van der Waals surface area (Å²) in [6.07, 6.45) is 4.71. The number of unbranched alkanes of at least 4 members (excludes halogenated alkanes) is 2. The van der Waals surface area contributed by atoms with Crippen LogP contribution in [-0.2, 0) is 20.7 Å². The van der Waals surface area contributed by atoms with Crippen molar-refractivity contribution >= 4 is 17.4 Å². The van der Waals surface area contributed by atoms with E-state index in [1.807, 2.05) is 24.3 Å². The average molecular weight is 466 g/mol. The van der Waals surface area contributed by atoms with Gasteiger partial charge in [-0.25, -0.2) is 0 Å². The van der Waals surface area contributed by atoms with Gasteiger partial charge in [0.2, 0.25) is 0 Å². The van der Waals surface area contributed by atoms with Crippen LogP contribution in [0.15, 0.2) is 54.1 Å². The number of aliphatic hydroxyl groups is 1. The highest BCUT2D eigenvalue weighted by atomic mass is 16.5. The fraction of sp³-hybridized carbons (Fsp3) is 0.429. The number of benzene rings is 2. The van der Waals surface area contributed by atoms with Gasteiger partial charge in [-0.05, 0) is 54.7 Å². The number of ketones is 1. The van der Waals surface area contributed by atoms with E-state index in [4.69, 9.17) is 9.47 Å². The maximum atomic E-state index is 13.1. The number of aryl methyl sites for hydroxylation is 1. The molecule has 1 amide bonds. The van der Waals surface area contributed by atoms with Gasteiger partial charge in [0.05, 0.1) is 18.2 Å². The van der Waals surface area contributed by atoms with Crippen molar-refractivity contribution in [1.29, 1.82) is 0 Å². The second-order valence-electron chi connectivity index (χ2n) is 8.51. The van der Waals surface area contributed by atoms with Crippen LogP contribution in [0.3, 0.4) is 0 Å². The van der Waals surface area contributed by atoms with Crippen LogP contribution < -0.4 is 4.74 Å². The number of nitrogens with zero attached hydrogens (tertiary/aromatic N) is 1. The van der Waals surface area contributed by atoms with Crippen LogP contribution in [0.1, 0.15) is 62.3 Å². The number of methoxy groups -OCH3 is 1. The summed E-state index contributed by atoms with van der Waals surface area (Å²) in [7, 11) is 1.60. The van der Waals surface area contributed by atoms with Crippen LogP contribution in [-0.4, -0.2) is 48.6 Å². The molecule has 1 heterocycles. The number of ether oxygens (including phenoxy) is 2. The number of rotatable bonds is 12. The number of amides is 1. The molecule has 6 nitrogen and oxygen atoms in total. The maximum absolute atomic E-state index is 13.1. The minimum atomic E-state index is -0.667. The number of carbonyl (C=O) groups is 2. The van der Waals surface area contributed by atoms with Crippen LogP contribution in [0, 0.1) is 0 Å². The van der Waals surface area contributed by atoms with E-state index < -0.39 is 17.7 Å². The summed E-state index contributed by atoms with van der Waals surface area (Å²) in [4.78, 5) is 27.6. The summed E-state index contributed by atoms with van der Waals surface area (Å²) in [6, 6.07) is 14.2. The first kappa shape index (κ1) is 25.5. The Bertz CT molecular complexity index is 994. The minimum Gasteiger partial charge on any atom is -0.507 e. The van der Waals surface area contributed by atoms with Gasteiger partial charge >= 0.3 is 0 Å². The van der Waals surface area contributed by atoms with Gasteiger partial charge < -0.3 is 19.5 Å². The molecule has 1 fully saturated rings. The standard InChI is InChI=1S/C28H35NO5/c1-4-6-7-19-34-23-15-13-22(14-16-23)26(30)24-25(21-11-9-20(5-2)10-12-21)29(17-8-18-33-3)28(32)27(24)31/h9-16,25,30H,4-8,17-19H2,1-3H3/b26-24-. The van der Waals surface area contributed by atoms with E-state index in [-0.39, 0.29) is 11.3 Å². The van der Waals surface area contributed by atoms with Crippen molar-refractivity contribution in [1.82, 2.24) is 4.90 Å². The molecule has 1 saturated heterocycles. The summed E-state index contributed by atoms with van der Waals surface area (Å²) < 4.78 is 10.9. The zero-order valence-electron chi connectivity index (χ0n) is 20.4. The van der Waals surface area contributed by atoms with E-state index in [0.717, 1.165) is 36.8 Å². The molecule has 0 spiro atoms. The minimum absolute atomic E-state index is 0.114. The molecule has 1 N–H and O–H groups in total. The lowest BCUT2D eigenvalue weighted by molar-refractivity contribution is -0.140. The third-order valence-electron chi connectivity index (χ3n) is 6.14. The van der Waals surface area contributed by atoms with Crippen molar-refractivity contribution in [2.24, 2.45) is 0 Å². The van der Waals surface area contributed by atoms with Gasteiger partial charge in [0, 0.05) is 25.8 Å². The SMILES string of the molecule is CCCCCOc1ccc(/C(O)=C2/C(=O)C(=O)N(CCCOC)C2c2ccc(CC)cc2)cc1. The van der Waals surface area contributed by atoms with Crippen molar-refractivity contribution in [3.8, 4) is 5.75 Å². The number of hydrogen-bond acceptors (Lipinski definition) is 5. The van der Waals surface area contributed by atoms with Gasteiger partial charge in [0.25, 0.3) is 11.7 Å². The zero-order chi connectivity index (χ0) is 24.5. The highest BCUT2D eigenvalue weighted by Gasteiger charge is 2.45. The molecule has 182 valence electrons. The van der Waals surface area contributed by atoms with Crippen molar-refractivity contribution in [3.63, 3.8) is 0 Å². The quantitative estimate of drug-likeness (QED) is 0.200. The van der Waals surface area contributed by atoms with Crippen LogP contribution in [0.4, 0.5) is 0 Å². The number of Topliss-reactive ketones (excluding diaryl/α,β-unsaturated/α-hetero) is 1. The number of carbonyl (C=O) groups excluding carboxylic acids is 2. The lowest BCUT2D eigenvalue weighted by Crippen LogP contribution is -2.31. The molecule has 1 aliphatic rings. The summed E-state index contributed by atoms with van der Waals surface area (Å²) in [5.74, 6) is -0.730. The fourth-order valence-corrected chi connectivity index (χ4v) is 4.18. The molecule has 1 atom stereocenters. The summed E-state index contributed by atoms with van der Waals surface area (Å²) in [5.41, 5.74) is 2.55. The molecule has 0 saturated carbocycles. The third kappa shape index (κ3) is 5.86. The van der Waals surface area contributed by atoms with Crippen molar-refractivity contribution in [2.75, 3.05) is 26.9 Å². The van der Waals surface area contributed by atoms with E-state index >= 15 is 0 Å². The first-order valence-corrected chi connectivity index (χ1v) is 12.1. The molecule has 6 heteroatoms. The first-order chi connectivity index (χ1) is 16.5. The first-order valence-electron chi connectivity index (χ1n) is 12.1. The number of aliphatic hydroxyl groups excluding tert-OH is 1. The molecule has 0 aromatic heterocycles. The highest BCUT2D eigenvalue weighted by Crippen LogP contribution is 2.39. The topological polar surface area (TPSA) is 76.1 Å². The molecule has 1 unspecified atom stereocenters. The van der Waals surface area contributed by atoms with Crippen LogP contribution in [0.5, 0.6) is 5.75 Å². The van der Waals surface area contributed by atoms with E-state index in [1.54, 1.807) is 36.3 Å². The van der Waals surface area contributed by atoms with E-state index in [2.05, 4.69) is 13.8 Å². The van der Waals surface area contributed by atoms with Crippen molar-refractivity contribution in [3.05, 3.63) is 70.8 Å². The average Bonchev–Trinajstić information content (AvgIpc) is 3.12. The second-order valence-corrected chi connectivity index (χ2v) is 8.51.